The van der Waals surface area contributed by atoms with Gasteiger partial charge in [-0.25, -0.2) is 0 Å². The summed E-state index contributed by atoms with van der Waals surface area (Å²) in [5, 5.41) is 0. The van der Waals surface area contributed by atoms with Gasteiger partial charge in [0.25, 0.3) is 0 Å². The molecule has 0 heterocycles. The van der Waals surface area contributed by atoms with Gasteiger partial charge in [0.15, 0.2) is 6.61 Å². The van der Waals surface area contributed by atoms with Gasteiger partial charge in [0.1, 0.15) is 0 Å². The highest BCUT2D eigenvalue weighted by Crippen LogP contribution is 2.60. The molecule has 0 amide bonds. The van der Waals surface area contributed by atoms with E-state index in [1.165, 1.54) is 0 Å². The predicted molar refractivity (Wildman–Crippen MR) is 70.4 cm³/mol. The number of halogens is 5. The highest BCUT2D eigenvalue weighted by atomic mass is 79.9. The molecule has 4 aliphatic carbocycles. The Labute approximate surface area is 128 Å². The first-order chi connectivity index (χ1) is 9.61. The van der Waals surface area contributed by atoms with E-state index in [-0.39, 0.29) is 0 Å². The Hall–Kier alpha value is -0.330. The Morgan fingerprint density at radius 2 is 1.48 bits per heavy atom. The Bertz CT molecular complexity index is 411. The molecule has 0 N–H and O–H groups in total. The van der Waals surface area contributed by atoms with Crippen molar-refractivity contribution in [1.82, 2.24) is 0 Å². The van der Waals surface area contributed by atoms with Gasteiger partial charge >= 0.3 is 16.7 Å². The van der Waals surface area contributed by atoms with Crippen molar-refractivity contribution in [3.05, 3.63) is 0 Å². The lowest BCUT2D eigenvalue weighted by Crippen LogP contribution is -2.51. The molecule has 4 saturated carbocycles. The Morgan fingerprint density at radius 3 is 1.86 bits per heavy atom. The van der Waals surface area contributed by atoms with Gasteiger partial charge in [-0.2, -0.15) is 17.6 Å². The van der Waals surface area contributed by atoms with Crippen LogP contribution in [0.15, 0.2) is 0 Å². The number of carbonyl (C=O) groups excluding carboxylic acids is 1. The Balaban J connectivity index is 1.66. The number of esters is 1. The van der Waals surface area contributed by atoms with Crippen molar-refractivity contribution in [2.24, 2.45) is 23.2 Å². The fourth-order valence-electron chi connectivity index (χ4n) is 4.75. The van der Waals surface area contributed by atoms with Gasteiger partial charge in [-0.3, -0.25) is 4.79 Å². The van der Waals surface area contributed by atoms with Gasteiger partial charge in [0.05, 0.1) is 5.41 Å². The van der Waals surface area contributed by atoms with E-state index in [9.17, 15) is 22.4 Å². The van der Waals surface area contributed by atoms with E-state index in [1.54, 1.807) is 15.9 Å². The maximum atomic E-state index is 13.2. The molecular weight excluding hydrogens is 356 g/mol. The van der Waals surface area contributed by atoms with Gasteiger partial charge in [-0.1, -0.05) is 0 Å². The summed E-state index contributed by atoms with van der Waals surface area (Å²) in [6.45, 7) is -1.58. The van der Waals surface area contributed by atoms with Gasteiger partial charge in [0, 0.05) is 0 Å². The Morgan fingerprint density at radius 1 is 1.05 bits per heavy atom. The lowest BCUT2D eigenvalue weighted by atomic mass is 9.49. The third kappa shape index (κ3) is 2.70. The van der Waals surface area contributed by atoms with Crippen LogP contribution in [-0.4, -0.2) is 23.3 Å². The van der Waals surface area contributed by atoms with Crippen molar-refractivity contribution >= 4 is 21.9 Å². The fraction of sp³-hybridized carbons (Fsp3) is 0.929. The molecule has 0 aromatic carbocycles. The molecular formula is C14H17BrF4O2. The summed E-state index contributed by atoms with van der Waals surface area (Å²) in [7, 11) is 0. The van der Waals surface area contributed by atoms with Crippen LogP contribution in [0.1, 0.15) is 38.5 Å². The minimum absolute atomic E-state index is 0.460. The number of rotatable bonds is 4. The molecule has 4 fully saturated rings. The van der Waals surface area contributed by atoms with E-state index in [2.05, 4.69) is 4.74 Å². The topological polar surface area (TPSA) is 26.3 Å². The lowest BCUT2D eigenvalue weighted by molar-refractivity contribution is -0.202. The van der Waals surface area contributed by atoms with Gasteiger partial charge < -0.3 is 4.74 Å². The smallest absolute Gasteiger partial charge is 0.366 e. The molecule has 7 heteroatoms. The number of alkyl halides is 5. The molecule has 0 unspecified atom stereocenters. The minimum atomic E-state index is -4.40. The third-order valence-corrected chi connectivity index (χ3v) is 5.85. The first-order valence-corrected chi connectivity index (χ1v) is 8.02. The molecule has 0 radical (unpaired) electrons. The highest BCUT2D eigenvalue weighted by molar-refractivity contribution is 9.10. The zero-order valence-electron chi connectivity index (χ0n) is 11.4. The summed E-state index contributed by atoms with van der Waals surface area (Å²) in [6, 6.07) is 0. The van der Waals surface area contributed by atoms with Crippen LogP contribution in [0.4, 0.5) is 17.6 Å². The summed E-state index contributed by atoms with van der Waals surface area (Å²) in [5.41, 5.74) is -0.702. The van der Waals surface area contributed by atoms with E-state index >= 15 is 0 Å². The molecule has 4 aliphatic rings. The molecule has 0 saturated heterocycles. The van der Waals surface area contributed by atoms with E-state index in [4.69, 9.17) is 0 Å². The quantitative estimate of drug-likeness (QED) is 0.416. The molecule has 120 valence electrons. The number of hydrogen-bond acceptors (Lipinski definition) is 2. The molecule has 4 rings (SSSR count). The second kappa shape index (κ2) is 4.83. The number of ether oxygens (including phenoxy) is 1. The average Bonchev–Trinajstić information content (AvgIpc) is 2.32. The summed E-state index contributed by atoms with van der Waals surface area (Å²) in [5.74, 6) is -3.73. The first-order valence-electron chi connectivity index (χ1n) is 7.23. The maximum Gasteiger partial charge on any atom is 0.366 e. The summed E-state index contributed by atoms with van der Waals surface area (Å²) in [4.78, 5) is 7.88. The molecule has 0 spiro atoms. The largest absolute Gasteiger partial charge is 0.459 e. The second-order valence-corrected chi connectivity index (χ2v) is 7.97. The third-order valence-electron chi connectivity index (χ3n) is 5.27. The summed E-state index contributed by atoms with van der Waals surface area (Å²) < 4.78 is 56.4. The summed E-state index contributed by atoms with van der Waals surface area (Å²) >= 11 is 1.64. The van der Waals surface area contributed by atoms with Crippen molar-refractivity contribution in [3.8, 4) is 0 Å². The molecule has 0 atom stereocenters. The van der Waals surface area contributed by atoms with Crippen LogP contribution in [0.25, 0.3) is 0 Å². The first kappa shape index (κ1) is 15.6. The van der Waals surface area contributed by atoms with Crippen LogP contribution < -0.4 is 0 Å². The van der Waals surface area contributed by atoms with E-state index < -0.39 is 28.7 Å². The summed E-state index contributed by atoms with van der Waals surface area (Å²) in [6.07, 6.45) is 5.28. The number of hydrogen-bond donors (Lipinski definition) is 0. The molecule has 4 bridgehead atoms. The molecule has 0 aromatic heterocycles. The normalized spacial score (nSPS) is 38.6. The van der Waals surface area contributed by atoms with Gasteiger partial charge in [-0.15, -0.1) is 0 Å². The van der Waals surface area contributed by atoms with Gasteiger partial charge in [-0.05, 0) is 72.2 Å². The molecule has 0 aromatic rings. The van der Waals surface area contributed by atoms with Crippen molar-refractivity contribution < 1.29 is 27.1 Å². The van der Waals surface area contributed by atoms with Crippen LogP contribution in [0.3, 0.4) is 0 Å². The zero-order chi connectivity index (χ0) is 15.5. The van der Waals surface area contributed by atoms with Gasteiger partial charge in [0.2, 0.25) is 0 Å². The van der Waals surface area contributed by atoms with Crippen molar-refractivity contribution in [2.45, 2.75) is 49.3 Å². The predicted octanol–water partition coefficient (Wildman–Crippen LogP) is 4.37. The van der Waals surface area contributed by atoms with E-state index in [1.807, 2.05) is 0 Å². The molecule has 2 nitrogen and oxygen atoms in total. The number of carbonyl (C=O) groups is 1. The van der Waals surface area contributed by atoms with Crippen LogP contribution in [0, 0.1) is 23.2 Å². The van der Waals surface area contributed by atoms with Crippen LogP contribution in [-0.2, 0) is 9.53 Å². The fourth-order valence-corrected chi connectivity index (χ4v) is 4.87. The van der Waals surface area contributed by atoms with E-state index in [0.29, 0.717) is 37.0 Å². The van der Waals surface area contributed by atoms with Crippen molar-refractivity contribution in [3.63, 3.8) is 0 Å². The van der Waals surface area contributed by atoms with E-state index in [0.717, 1.165) is 19.3 Å². The van der Waals surface area contributed by atoms with Crippen molar-refractivity contribution in [1.29, 1.82) is 0 Å². The van der Waals surface area contributed by atoms with Crippen LogP contribution >= 0.6 is 15.9 Å². The standard InChI is InChI=1S/C14H17BrF4O2/c15-14(18,19)13(16,17)7-21-11(20)12-4-8-1-9(5-12)3-10(2-8)6-12/h8-10H,1-7H2. The zero-order valence-corrected chi connectivity index (χ0v) is 13.0. The van der Waals surface area contributed by atoms with Crippen LogP contribution in [0.5, 0.6) is 0 Å². The monoisotopic (exact) mass is 372 g/mol. The SMILES string of the molecule is O=C(OCC(F)(F)C(F)(F)Br)C12CC3CC(CC(C3)C1)C2. The van der Waals surface area contributed by atoms with Crippen LogP contribution in [0.2, 0.25) is 0 Å². The Kier molecular flexibility index (Phi) is 3.58. The minimum Gasteiger partial charge on any atom is -0.459 e. The maximum absolute atomic E-state index is 13.2. The average molecular weight is 373 g/mol. The molecule has 21 heavy (non-hydrogen) atoms. The highest BCUT2D eigenvalue weighted by Gasteiger charge is 2.58. The molecule has 0 aliphatic heterocycles. The second-order valence-electron chi connectivity index (χ2n) is 6.98. The van der Waals surface area contributed by atoms with Crippen molar-refractivity contribution in [2.75, 3.05) is 6.61 Å². The lowest BCUT2D eigenvalue weighted by Gasteiger charge is -2.55.